The Morgan fingerprint density at radius 2 is 2.00 bits per heavy atom. The van der Waals surface area contributed by atoms with Gasteiger partial charge in [-0.25, -0.2) is 0 Å². The van der Waals surface area contributed by atoms with Gasteiger partial charge in [0.1, 0.15) is 6.54 Å². The number of quaternary nitrogens is 1. The van der Waals surface area contributed by atoms with Gasteiger partial charge in [0.2, 0.25) is 0 Å². The molecule has 14 heavy (non-hydrogen) atoms. The van der Waals surface area contributed by atoms with Crippen LogP contribution in [0.25, 0.3) is 0 Å². The maximum Gasteiger partial charge on any atom is 0.101 e. The van der Waals surface area contributed by atoms with Gasteiger partial charge in [0.05, 0.1) is 19.3 Å². The number of hydrogen-bond donors (Lipinski definition) is 1. The number of epoxide rings is 1. The average Bonchev–Trinajstić information content (AvgIpc) is 2.98. The Morgan fingerprint density at radius 3 is 2.64 bits per heavy atom. The first-order valence-corrected chi connectivity index (χ1v) is 4.92. The van der Waals surface area contributed by atoms with E-state index in [-0.39, 0.29) is 12.4 Å². The van der Waals surface area contributed by atoms with E-state index in [2.05, 4.69) is 35.6 Å². The molecule has 3 heteroatoms. The summed E-state index contributed by atoms with van der Waals surface area (Å²) in [4.78, 5) is 0. The number of hydrogen-bond acceptors (Lipinski definition) is 1. The van der Waals surface area contributed by atoms with Crippen molar-refractivity contribution in [2.75, 3.05) is 13.2 Å². The summed E-state index contributed by atoms with van der Waals surface area (Å²) in [6.07, 6.45) is 1.78. The fourth-order valence-corrected chi connectivity index (χ4v) is 1.42. The van der Waals surface area contributed by atoms with Gasteiger partial charge in [0, 0.05) is 12.0 Å². The third kappa shape index (κ3) is 4.09. The molecule has 0 radical (unpaired) electrons. The zero-order valence-corrected chi connectivity index (χ0v) is 8.91. The molecule has 1 fully saturated rings. The highest BCUT2D eigenvalue weighted by Crippen LogP contribution is 2.10. The lowest BCUT2D eigenvalue weighted by atomic mass is 10.2. The molecule has 1 aliphatic heterocycles. The third-order valence-electron chi connectivity index (χ3n) is 2.32. The molecule has 1 aromatic carbocycles. The lowest BCUT2D eigenvalue weighted by Crippen LogP contribution is -3.00. The van der Waals surface area contributed by atoms with Crippen LogP contribution in [0, 0.1) is 0 Å². The normalized spacial score (nSPS) is 18.7. The Balaban J connectivity index is 0.000000980. The molecule has 2 rings (SSSR count). The molecule has 1 heterocycles. The van der Waals surface area contributed by atoms with Gasteiger partial charge in [-0.15, -0.1) is 0 Å². The van der Waals surface area contributed by atoms with Crippen LogP contribution < -0.4 is 17.7 Å². The largest absolute Gasteiger partial charge is 1.00 e. The van der Waals surface area contributed by atoms with Crippen molar-refractivity contribution < 1.29 is 22.5 Å². The average molecular weight is 214 g/mol. The molecule has 78 valence electrons. The summed E-state index contributed by atoms with van der Waals surface area (Å²) < 4.78 is 5.14. The summed E-state index contributed by atoms with van der Waals surface area (Å²) in [6, 6.07) is 10.6. The Morgan fingerprint density at radius 1 is 1.29 bits per heavy atom. The lowest BCUT2D eigenvalue weighted by molar-refractivity contribution is -0.671. The van der Waals surface area contributed by atoms with Gasteiger partial charge in [0.25, 0.3) is 0 Å². The molecule has 1 aliphatic rings. The standard InChI is InChI=1S/C11H15NO.ClH/c1-2-4-10(5-3-1)8-12-7-6-11-9-13-11;/h1-5,11-12H,6-9H2;1H. The topological polar surface area (TPSA) is 29.1 Å². The lowest BCUT2D eigenvalue weighted by Gasteiger charge is -1.99. The maximum absolute atomic E-state index is 5.14. The van der Waals surface area contributed by atoms with Gasteiger partial charge in [-0.2, -0.15) is 0 Å². The number of nitrogens with two attached hydrogens (primary N) is 1. The van der Waals surface area contributed by atoms with Crippen LogP contribution in [0.1, 0.15) is 12.0 Å². The van der Waals surface area contributed by atoms with Crippen molar-refractivity contribution in [2.45, 2.75) is 19.1 Å². The maximum atomic E-state index is 5.14. The summed E-state index contributed by atoms with van der Waals surface area (Å²) >= 11 is 0. The number of halogens is 1. The molecule has 1 unspecified atom stereocenters. The molecule has 1 atom stereocenters. The first-order valence-electron chi connectivity index (χ1n) is 4.92. The minimum Gasteiger partial charge on any atom is -1.00 e. The molecule has 2 nitrogen and oxygen atoms in total. The predicted molar refractivity (Wildman–Crippen MR) is 51.3 cm³/mol. The van der Waals surface area contributed by atoms with Gasteiger partial charge >= 0.3 is 0 Å². The van der Waals surface area contributed by atoms with Crippen LogP contribution in [0.5, 0.6) is 0 Å². The summed E-state index contributed by atoms with van der Waals surface area (Å²) in [5.74, 6) is 0. The Hall–Kier alpha value is -0.570. The van der Waals surface area contributed by atoms with E-state index < -0.39 is 0 Å². The van der Waals surface area contributed by atoms with Crippen LogP contribution in [0.2, 0.25) is 0 Å². The van der Waals surface area contributed by atoms with E-state index in [0.29, 0.717) is 6.10 Å². The van der Waals surface area contributed by atoms with Crippen molar-refractivity contribution in [2.24, 2.45) is 0 Å². The summed E-state index contributed by atoms with van der Waals surface area (Å²) in [5.41, 5.74) is 1.40. The van der Waals surface area contributed by atoms with Gasteiger partial charge < -0.3 is 22.5 Å². The zero-order valence-electron chi connectivity index (χ0n) is 8.16. The van der Waals surface area contributed by atoms with E-state index in [1.807, 2.05) is 0 Å². The van der Waals surface area contributed by atoms with Crippen LogP contribution in [0.15, 0.2) is 30.3 Å². The monoisotopic (exact) mass is 213 g/mol. The molecule has 0 saturated carbocycles. The first kappa shape index (κ1) is 11.5. The molecule has 0 amide bonds. The van der Waals surface area contributed by atoms with E-state index in [1.54, 1.807) is 0 Å². The molecular formula is C11H16ClNO. The molecule has 1 saturated heterocycles. The van der Waals surface area contributed by atoms with Crippen molar-refractivity contribution in [3.8, 4) is 0 Å². The second-order valence-electron chi connectivity index (χ2n) is 3.51. The summed E-state index contributed by atoms with van der Waals surface area (Å²) in [7, 11) is 0. The van der Waals surface area contributed by atoms with E-state index in [1.165, 1.54) is 18.5 Å². The predicted octanol–water partition coefficient (Wildman–Crippen LogP) is -2.46. The minimum absolute atomic E-state index is 0. The summed E-state index contributed by atoms with van der Waals surface area (Å²) in [5, 5.41) is 2.34. The number of benzene rings is 1. The molecule has 0 spiro atoms. The van der Waals surface area contributed by atoms with E-state index in [9.17, 15) is 0 Å². The minimum atomic E-state index is 0. The van der Waals surface area contributed by atoms with Crippen molar-refractivity contribution >= 4 is 0 Å². The summed E-state index contributed by atoms with van der Waals surface area (Å²) in [6.45, 7) is 3.26. The van der Waals surface area contributed by atoms with E-state index >= 15 is 0 Å². The zero-order chi connectivity index (χ0) is 8.93. The van der Waals surface area contributed by atoms with Gasteiger partial charge in [-0.1, -0.05) is 30.3 Å². The molecular weight excluding hydrogens is 198 g/mol. The Kier molecular flexibility index (Phi) is 4.94. The van der Waals surface area contributed by atoms with Gasteiger partial charge in [-0.3, -0.25) is 0 Å². The second-order valence-corrected chi connectivity index (χ2v) is 3.51. The number of ether oxygens (including phenoxy) is 1. The molecule has 2 N–H and O–H groups in total. The Labute approximate surface area is 91.1 Å². The van der Waals surface area contributed by atoms with Gasteiger partial charge in [-0.05, 0) is 0 Å². The van der Waals surface area contributed by atoms with Crippen molar-refractivity contribution in [3.05, 3.63) is 35.9 Å². The van der Waals surface area contributed by atoms with Crippen LogP contribution >= 0.6 is 0 Å². The highest BCUT2D eigenvalue weighted by atomic mass is 35.5. The smallest absolute Gasteiger partial charge is 0.101 e. The van der Waals surface area contributed by atoms with Crippen molar-refractivity contribution in [1.82, 2.24) is 0 Å². The van der Waals surface area contributed by atoms with Crippen LogP contribution in [0.4, 0.5) is 0 Å². The highest BCUT2D eigenvalue weighted by molar-refractivity contribution is 5.12. The fourth-order valence-electron chi connectivity index (χ4n) is 1.42. The molecule has 0 aliphatic carbocycles. The first-order chi connectivity index (χ1) is 6.45. The van der Waals surface area contributed by atoms with Crippen LogP contribution in [0.3, 0.4) is 0 Å². The molecule has 0 bridgehead atoms. The van der Waals surface area contributed by atoms with E-state index in [0.717, 1.165) is 13.2 Å². The van der Waals surface area contributed by atoms with E-state index in [4.69, 9.17) is 4.74 Å². The van der Waals surface area contributed by atoms with Crippen LogP contribution in [-0.2, 0) is 11.3 Å². The SMILES string of the molecule is [Cl-].c1ccc(C[NH2+]CCC2CO2)cc1. The third-order valence-corrected chi connectivity index (χ3v) is 2.32. The highest BCUT2D eigenvalue weighted by Gasteiger charge is 2.22. The van der Waals surface area contributed by atoms with Crippen molar-refractivity contribution in [1.29, 1.82) is 0 Å². The number of rotatable bonds is 5. The van der Waals surface area contributed by atoms with Crippen molar-refractivity contribution in [3.63, 3.8) is 0 Å². The quantitative estimate of drug-likeness (QED) is 0.427. The Bertz CT molecular complexity index is 249. The van der Waals surface area contributed by atoms with Gasteiger partial charge in [0.15, 0.2) is 0 Å². The van der Waals surface area contributed by atoms with Crippen LogP contribution in [-0.4, -0.2) is 19.3 Å². The fraction of sp³-hybridized carbons (Fsp3) is 0.455. The molecule has 1 aromatic rings. The molecule has 0 aromatic heterocycles. The second kappa shape index (κ2) is 6.02.